The molecule has 0 amide bonds. The predicted molar refractivity (Wildman–Crippen MR) is 68.0 cm³/mol. The van der Waals surface area contributed by atoms with E-state index >= 15 is 0 Å². The second-order valence-corrected chi connectivity index (χ2v) is 4.16. The van der Waals surface area contributed by atoms with Gasteiger partial charge in [0, 0.05) is 6.42 Å². The number of aliphatic hydroxyl groups is 1. The lowest BCUT2D eigenvalue weighted by molar-refractivity contribution is 0.187. The minimum absolute atomic E-state index is 0.620. The van der Waals surface area contributed by atoms with E-state index in [1.807, 2.05) is 37.3 Å². The number of benzene rings is 1. The summed E-state index contributed by atoms with van der Waals surface area (Å²) in [5.41, 5.74) is 2.12. The van der Waals surface area contributed by atoms with E-state index in [-0.39, 0.29) is 0 Å². The Balaban J connectivity index is 2.26. The standard InChI is InChI=1S/C15H18O2/c1-3-11-6-5-7-12(10-11)15(16)14-9-8-13(4-2)17-14/h5-10,15-16H,3-4H2,1-2H3. The first kappa shape index (κ1) is 11.9. The van der Waals surface area contributed by atoms with E-state index in [1.54, 1.807) is 0 Å². The van der Waals surface area contributed by atoms with Crippen LogP contribution in [0.2, 0.25) is 0 Å². The molecule has 1 N–H and O–H groups in total. The fourth-order valence-electron chi connectivity index (χ4n) is 1.88. The van der Waals surface area contributed by atoms with Crippen LogP contribution in [0.15, 0.2) is 40.8 Å². The Bertz CT molecular complexity index is 485. The summed E-state index contributed by atoms with van der Waals surface area (Å²) in [6.07, 6.45) is 1.16. The van der Waals surface area contributed by atoms with E-state index in [0.717, 1.165) is 24.2 Å². The van der Waals surface area contributed by atoms with Gasteiger partial charge in [0.15, 0.2) is 0 Å². The molecule has 2 rings (SSSR count). The monoisotopic (exact) mass is 230 g/mol. The second kappa shape index (κ2) is 5.19. The number of hydrogen-bond donors (Lipinski definition) is 1. The van der Waals surface area contributed by atoms with Crippen LogP contribution in [0.25, 0.3) is 0 Å². The maximum atomic E-state index is 10.2. The van der Waals surface area contributed by atoms with Gasteiger partial charge in [-0.25, -0.2) is 0 Å². The molecule has 0 aliphatic heterocycles. The van der Waals surface area contributed by atoms with Crippen LogP contribution in [0.4, 0.5) is 0 Å². The van der Waals surface area contributed by atoms with Crippen molar-refractivity contribution in [2.24, 2.45) is 0 Å². The molecule has 1 heterocycles. The van der Waals surface area contributed by atoms with Crippen molar-refractivity contribution in [2.75, 3.05) is 0 Å². The molecule has 0 aliphatic rings. The molecule has 0 aliphatic carbocycles. The van der Waals surface area contributed by atoms with Gasteiger partial charge in [-0.3, -0.25) is 0 Å². The zero-order chi connectivity index (χ0) is 12.3. The fraction of sp³-hybridized carbons (Fsp3) is 0.333. The van der Waals surface area contributed by atoms with Crippen LogP contribution in [-0.4, -0.2) is 5.11 Å². The molecule has 0 saturated carbocycles. The summed E-state index contributed by atoms with van der Waals surface area (Å²) >= 11 is 0. The lowest BCUT2D eigenvalue weighted by Crippen LogP contribution is -1.98. The number of furan rings is 1. The highest BCUT2D eigenvalue weighted by Crippen LogP contribution is 2.24. The molecule has 2 heteroatoms. The van der Waals surface area contributed by atoms with E-state index in [1.165, 1.54) is 5.56 Å². The number of hydrogen-bond acceptors (Lipinski definition) is 2. The van der Waals surface area contributed by atoms with Gasteiger partial charge in [-0.05, 0) is 29.7 Å². The molecule has 0 radical (unpaired) electrons. The van der Waals surface area contributed by atoms with Crippen molar-refractivity contribution in [1.29, 1.82) is 0 Å². The topological polar surface area (TPSA) is 33.4 Å². The minimum atomic E-state index is -0.665. The van der Waals surface area contributed by atoms with E-state index in [2.05, 4.69) is 13.0 Å². The van der Waals surface area contributed by atoms with Crippen molar-refractivity contribution in [3.8, 4) is 0 Å². The van der Waals surface area contributed by atoms with E-state index in [0.29, 0.717) is 5.76 Å². The molecule has 0 fully saturated rings. The second-order valence-electron chi connectivity index (χ2n) is 4.16. The van der Waals surface area contributed by atoms with E-state index < -0.39 is 6.10 Å². The lowest BCUT2D eigenvalue weighted by Gasteiger charge is -2.09. The van der Waals surface area contributed by atoms with Gasteiger partial charge in [0.1, 0.15) is 17.6 Å². The van der Waals surface area contributed by atoms with E-state index in [4.69, 9.17) is 4.42 Å². The Morgan fingerprint density at radius 1 is 1.12 bits per heavy atom. The third kappa shape index (κ3) is 2.59. The van der Waals surface area contributed by atoms with Crippen LogP contribution < -0.4 is 0 Å². The Morgan fingerprint density at radius 2 is 1.94 bits per heavy atom. The van der Waals surface area contributed by atoms with Crippen LogP contribution in [-0.2, 0) is 12.8 Å². The molecule has 1 unspecified atom stereocenters. The number of aliphatic hydroxyl groups excluding tert-OH is 1. The first-order valence-corrected chi connectivity index (χ1v) is 6.10. The van der Waals surface area contributed by atoms with Gasteiger partial charge in [-0.1, -0.05) is 38.1 Å². The molecule has 1 aromatic heterocycles. The summed E-state index contributed by atoms with van der Waals surface area (Å²) in [5.74, 6) is 1.53. The molecule has 2 aromatic rings. The molecular weight excluding hydrogens is 212 g/mol. The molecule has 90 valence electrons. The van der Waals surface area contributed by atoms with Crippen LogP contribution in [0.5, 0.6) is 0 Å². The fourth-order valence-corrected chi connectivity index (χ4v) is 1.88. The zero-order valence-corrected chi connectivity index (χ0v) is 10.3. The van der Waals surface area contributed by atoms with E-state index in [9.17, 15) is 5.11 Å². The molecular formula is C15H18O2. The van der Waals surface area contributed by atoms with Crippen LogP contribution in [0, 0.1) is 0 Å². The highest BCUT2D eigenvalue weighted by atomic mass is 16.4. The van der Waals surface area contributed by atoms with Gasteiger partial charge in [-0.15, -0.1) is 0 Å². The van der Waals surface area contributed by atoms with Crippen LogP contribution >= 0.6 is 0 Å². The van der Waals surface area contributed by atoms with Crippen molar-refractivity contribution >= 4 is 0 Å². The quantitative estimate of drug-likeness (QED) is 0.872. The summed E-state index contributed by atoms with van der Waals surface area (Å²) in [6.45, 7) is 4.14. The number of aryl methyl sites for hydroxylation is 2. The average molecular weight is 230 g/mol. The normalized spacial score (nSPS) is 12.6. The van der Waals surface area contributed by atoms with Crippen molar-refractivity contribution < 1.29 is 9.52 Å². The zero-order valence-electron chi connectivity index (χ0n) is 10.3. The van der Waals surface area contributed by atoms with Gasteiger partial charge < -0.3 is 9.52 Å². The maximum absolute atomic E-state index is 10.2. The van der Waals surface area contributed by atoms with Crippen molar-refractivity contribution in [3.05, 3.63) is 59.0 Å². The smallest absolute Gasteiger partial charge is 0.137 e. The summed E-state index contributed by atoms with van der Waals surface area (Å²) < 4.78 is 5.57. The maximum Gasteiger partial charge on any atom is 0.137 e. The summed E-state index contributed by atoms with van der Waals surface area (Å²) in [7, 11) is 0. The predicted octanol–water partition coefficient (Wildman–Crippen LogP) is 3.49. The first-order valence-electron chi connectivity index (χ1n) is 6.10. The highest BCUT2D eigenvalue weighted by Gasteiger charge is 2.14. The lowest BCUT2D eigenvalue weighted by atomic mass is 10.0. The van der Waals surface area contributed by atoms with Crippen LogP contribution in [0.3, 0.4) is 0 Å². The SMILES string of the molecule is CCc1cccc(C(O)c2ccc(CC)o2)c1. The van der Waals surface area contributed by atoms with Gasteiger partial charge in [0.2, 0.25) is 0 Å². The Labute approximate surface area is 102 Å². The largest absolute Gasteiger partial charge is 0.463 e. The molecule has 1 aromatic carbocycles. The van der Waals surface area contributed by atoms with Gasteiger partial charge in [-0.2, -0.15) is 0 Å². The molecule has 2 nitrogen and oxygen atoms in total. The molecule has 17 heavy (non-hydrogen) atoms. The Hall–Kier alpha value is -1.54. The summed E-state index contributed by atoms with van der Waals surface area (Å²) in [5, 5.41) is 10.2. The van der Waals surface area contributed by atoms with Crippen molar-refractivity contribution in [1.82, 2.24) is 0 Å². The first-order chi connectivity index (χ1) is 8.24. The Kier molecular flexibility index (Phi) is 3.64. The molecule has 1 atom stereocenters. The third-order valence-electron chi connectivity index (χ3n) is 2.98. The van der Waals surface area contributed by atoms with Crippen molar-refractivity contribution in [3.63, 3.8) is 0 Å². The summed E-state index contributed by atoms with van der Waals surface area (Å²) in [6, 6.07) is 11.8. The Morgan fingerprint density at radius 3 is 2.59 bits per heavy atom. The average Bonchev–Trinajstić information content (AvgIpc) is 2.86. The van der Waals surface area contributed by atoms with Gasteiger partial charge in [0.25, 0.3) is 0 Å². The molecule has 0 spiro atoms. The highest BCUT2D eigenvalue weighted by molar-refractivity contribution is 5.29. The van der Waals surface area contributed by atoms with Gasteiger partial charge in [0.05, 0.1) is 0 Å². The third-order valence-corrected chi connectivity index (χ3v) is 2.98. The minimum Gasteiger partial charge on any atom is -0.463 e. The van der Waals surface area contributed by atoms with Gasteiger partial charge >= 0.3 is 0 Å². The van der Waals surface area contributed by atoms with Crippen LogP contribution in [0.1, 0.15) is 42.6 Å². The number of rotatable bonds is 4. The van der Waals surface area contributed by atoms with Crippen molar-refractivity contribution in [2.45, 2.75) is 32.8 Å². The molecule has 0 saturated heterocycles. The summed E-state index contributed by atoms with van der Waals surface area (Å²) in [4.78, 5) is 0. The molecule has 0 bridgehead atoms.